The van der Waals surface area contributed by atoms with E-state index in [1.807, 2.05) is 55.6 Å². The minimum Gasteiger partial charge on any atom is -0.353 e. The fourth-order valence-electron chi connectivity index (χ4n) is 2.34. The van der Waals surface area contributed by atoms with Crippen LogP contribution in [0, 0.1) is 0 Å². The normalized spacial score (nSPS) is 12.2. The molecule has 2 heterocycles. The van der Waals surface area contributed by atoms with Crippen LogP contribution in [-0.4, -0.2) is 27.3 Å². The first kappa shape index (κ1) is 17.7. The number of aromatic nitrogens is 2. The molecule has 0 spiro atoms. The molecule has 0 saturated heterocycles. The number of benzene rings is 1. The Kier molecular flexibility index (Phi) is 5.55. The summed E-state index contributed by atoms with van der Waals surface area (Å²) in [4.78, 5) is 29.6. The van der Waals surface area contributed by atoms with Gasteiger partial charge >= 0.3 is 0 Å². The number of thioether (sulfide) groups is 1. The van der Waals surface area contributed by atoms with Crippen LogP contribution in [0.3, 0.4) is 0 Å². The molecule has 25 heavy (non-hydrogen) atoms. The average Bonchev–Trinajstić information content (AvgIpc) is 3.09. The highest BCUT2D eigenvalue weighted by molar-refractivity contribution is 7.99. The van der Waals surface area contributed by atoms with Gasteiger partial charge in [0.25, 0.3) is 5.56 Å². The second kappa shape index (κ2) is 7.84. The maximum absolute atomic E-state index is 12.9. The molecule has 0 aliphatic heterocycles. The number of nitrogens with zero attached hydrogens (tertiary/aromatic N) is 2. The van der Waals surface area contributed by atoms with Gasteiger partial charge in [-0.2, -0.15) is 0 Å². The Balaban J connectivity index is 1.96. The second-order valence-corrected chi connectivity index (χ2v) is 7.53. The highest BCUT2D eigenvalue weighted by Crippen LogP contribution is 2.23. The van der Waals surface area contributed by atoms with Gasteiger partial charge in [0.15, 0.2) is 5.16 Å². The number of hydrogen-bond acceptors (Lipinski definition) is 5. The van der Waals surface area contributed by atoms with E-state index in [9.17, 15) is 9.59 Å². The average molecular weight is 374 g/mol. The summed E-state index contributed by atoms with van der Waals surface area (Å²) in [6.45, 7) is 4.00. The summed E-state index contributed by atoms with van der Waals surface area (Å²) in [7, 11) is 0. The van der Waals surface area contributed by atoms with E-state index in [-0.39, 0.29) is 23.3 Å². The third-order valence-electron chi connectivity index (χ3n) is 3.82. The monoisotopic (exact) mass is 373 g/mol. The van der Waals surface area contributed by atoms with Gasteiger partial charge in [0, 0.05) is 6.04 Å². The van der Waals surface area contributed by atoms with Crippen molar-refractivity contribution in [1.82, 2.24) is 14.9 Å². The van der Waals surface area contributed by atoms with Crippen molar-refractivity contribution in [2.45, 2.75) is 31.5 Å². The van der Waals surface area contributed by atoms with Crippen LogP contribution in [0.4, 0.5) is 0 Å². The summed E-state index contributed by atoms with van der Waals surface area (Å²) in [5.41, 5.74) is 1.32. The molecule has 1 amide bonds. The zero-order valence-electron chi connectivity index (χ0n) is 14.1. The van der Waals surface area contributed by atoms with Crippen molar-refractivity contribution >= 4 is 39.2 Å². The standard InChI is InChI=1S/C18H19N3O2S2/c1-3-12(2)19-15(22)11-25-18-20-14-9-10-24-16(14)17(23)21(18)13-7-5-4-6-8-13/h4-10,12H,3,11H2,1-2H3,(H,19,22)/t12-/m0/s1. The topological polar surface area (TPSA) is 64.0 Å². The highest BCUT2D eigenvalue weighted by atomic mass is 32.2. The van der Waals surface area contributed by atoms with Gasteiger partial charge in [-0.25, -0.2) is 4.98 Å². The first-order chi connectivity index (χ1) is 12.1. The molecule has 0 bridgehead atoms. The number of amides is 1. The molecule has 0 aliphatic rings. The quantitative estimate of drug-likeness (QED) is 0.531. The molecule has 0 aliphatic carbocycles. The van der Waals surface area contributed by atoms with Crippen LogP contribution in [0.25, 0.3) is 15.9 Å². The summed E-state index contributed by atoms with van der Waals surface area (Å²) in [6.07, 6.45) is 0.879. The third kappa shape index (κ3) is 3.93. The zero-order valence-corrected chi connectivity index (χ0v) is 15.7. The molecule has 0 saturated carbocycles. The van der Waals surface area contributed by atoms with E-state index in [1.165, 1.54) is 23.1 Å². The molecule has 1 aromatic carbocycles. The van der Waals surface area contributed by atoms with Crippen molar-refractivity contribution in [1.29, 1.82) is 0 Å². The second-order valence-electron chi connectivity index (χ2n) is 5.67. The highest BCUT2D eigenvalue weighted by Gasteiger charge is 2.15. The number of para-hydroxylation sites is 1. The predicted octanol–water partition coefficient (Wildman–Crippen LogP) is 3.45. The molecule has 5 nitrogen and oxygen atoms in total. The Morgan fingerprint density at radius 1 is 1.32 bits per heavy atom. The molecule has 1 N–H and O–H groups in total. The first-order valence-electron chi connectivity index (χ1n) is 8.08. The SMILES string of the molecule is CC[C@H](C)NC(=O)CSc1nc2ccsc2c(=O)n1-c1ccccc1. The minimum atomic E-state index is -0.101. The smallest absolute Gasteiger partial charge is 0.276 e. The largest absolute Gasteiger partial charge is 0.353 e. The Hall–Kier alpha value is -2.12. The van der Waals surface area contributed by atoms with Crippen LogP contribution in [0.2, 0.25) is 0 Å². The first-order valence-corrected chi connectivity index (χ1v) is 9.94. The fraction of sp³-hybridized carbons (Fsp3) is 0.278. The number of carbonyl (C=O) groups is 1. The van der Waals surface area contributed by atoms with Crippen molar-refractivity contribution in [3.63, 3.8) is 0 Å². The number of hydrogen-bond donors (Lipinski definition) is 1. The maximum Gasteiger partial charge on any atom is 0.276 e. The van der Waals surface area contributed by atoms with Crippen LogP contribution in [0.5, 0.6) is 0 Å². The number of rotatable bonds is 6. The summed E-state index contributed by atoms with van der Waals surface area (Å²) in [5, 5.41) is 5.32. The summed E-state index contributed by atoms with van der Waals surface area (Å²) < 4.78 is 2.21. The molecule has 0 radical (unpaired) electrons. The van der Waals surface area contributed by atoms with Gasteiger partial charge < -0.3 is 5.32 Å². The van der Waals surface area contributed by atoms with Gasteiger partial charge in [0.1, 0.15) is 4.70 Å². The van der Waals surface area contributed by atoms with Crippen LogP contribution < -0.4 is 10.9 Å². The summed E-state index contributed by atoms with van der Waals surface area (Å²) in [5.74, 6) is 0.165. The van der Waals surface area contributed by atoms with Crippen LogP contribution in [-0.2, 0) is 4.79 Å². The van der Waals surface area contributed by atoms with Crippen molar-refractivity contribution in [3.8, 4) is 5.69 Å². The van der Waals surface area contributed by atoms with Crippen LogP contribution in [0.15, 0.2) is 51.7 Å². The van der Waals surface area contributed by atoms with E-state index in [2.05, 4.69) is 10.3 Å². The molecule has 2 aromatic heterocycles. The number of carbonyl (C=O) groups excluding carboxylic acids is 1. The molecule has 0 fully saturated rings. The maximum atomic E-state index is 12.9. The Labute approximate surface area is 154 Å². The van der Waals surface area contributed by atoms with E-state index >= 15 is 0 Å². The molecule has 7 heteroatoms. The van der Waals surface area contributed by atoms with Crippen molar-refractivity contribution in [3.05, 3.63) is 52.1 Å². The van der Waals surface area contributed by atoms with E-state index < -0.39 is 0 Å². The Bertz CT molecular complexity index is 934. The molecular formula is C18H19N3O2S2. The minimum absolute atomic E-state index is 0.0568. The number of fused-ring (bicyclic) bond motifs is 1. The van der Waals surface area contributed by atoms with E-state index in [1.54, 1.807) is 4.57 Å². The van der Waals surface area contributed by atoms with Gasteiger partial charge in [0.2, 0.25) is 5.91 Å². The van der Waals surface area contributed by atoms with Gasteiger partial charge in [0.05, 0.1) is 17.0 Å². The lowest BCUT2D eigenvalue weighted by molar-refractivity contribution is -0.119. The van der Waals surface area contributed by atoms with Crippen LogP contribution >= 0.6 is 23.1 Å². The zero-order chi connectivity index (χ0) is 17.8. The number of thiophene rings is 1. The Morgan fingerprint density at radius 3 is 2.80 bits per heavy atom. The van der Waals surface area contributed by atoms with Crippen molar-refractivity contribution in [2.24, 2.45) is 0 Å². The van der Waals surface area contributed by atoms with Crippen molar-refractivity contribution < 1.29 is 4.79 Å². The van der Waals surface area contributed by atoms with E-state index in [4.69, 9.17) is 0 Å². The van der Waals surface area contributed by atoms with Crippen LogP contribution in [0.1, 0.15) is 20.3 Å². The van der Waals surface area contributed by atoms with Gasteiger partial charge in [-0.1, -0.05) is 36.9 Å². The summed E-state index contributed by atoms with van der Waals surface area (Å²) >= 11 is 2.66. The van der Waals surface area contributed by atoms with Crippen molar-refractivity contribution in [2.75, 3.05) is 5.75 Å². The lowest BCUT2D eigenvalue weighted by Crippen LogP contribution is -2.33. The van der Waals surface area contributed by atoms with Gasteiger partial charge in [-0.3, -0.25) is 14.2 Å². The molecule has 130 valence electrons. The fourth-order valence-corrected chi connectivity index (χ4v) is 3.93. The molecule has 0 unspecified atom stereocenters. The van der Waals surface area contributed by atoms with Gasteiger partial charge in [-0.15, -0.1) is 11.3 Å². The van der Waals surface area contributed by atoms with E-state index in [0.717, 1.165) is 12.1 Å². The number of nitrogens with one attached hydrogen (secondary N) is 1. The lowest BCUT2D eigenvalue weighted by atomic mass is 10.3. The summed E-state index contributed by atoms with van der Waals surface area (Å²) in [6, 6.07) is 11.4. The third-order valence-corrected chi connectivity index (χ3v) is 5.65. The van der Waals surface area contributed by atoms with Gasteiger partial charge in [-0.05, 0) is 36.9 Å². The van der Waals surface area contributed by atoms with E-state index in [0.29, 0.717) is 15.4 Å². The predicted molar refractivity (Wildman–Crippen MR) is 104 cm³/mol. The Morgan fingerprint density at radius 2 is 2.08 bits per heavy atom. The molecule has 1 atom stereocenters. The lowest BCUT2D eigenvalue weighted by Gasteiger charge is -2.13. The molecule has 3 aromatic rings. The molecule has 3 rings (SSSR count). The molecular weight excluding hydrogens is 354 g/mol.